The van der Waals surface area contributed by atoms with E-state index in [2.05, 4.69) is 24.5 Å². The molecule has 12 heavy (non-hydrogen) atoms. The Kier molecular flexibility index (Phi) is 6.34. The lowest BCUT2D eigenvalue weighted by molar-refractivity contribution is 0.00397. The van der Waals surface area contributed by atoms with Gasteiger partial charge in [-0.25, -0.2) is 0 Å². The van der Waals surface area contributed by atoms with Crippen molar-refractivity contribution in [1.29, 1.82) is 0 Å². The molecule has 0 saturated heterocycles. The Hall–Kier alpha value is -0.120. The Morgan fingerprint density at radius 2 is 2.00 bits per heavy atom. The Labute approximate surface area is 75.9 Å². The van der Waals surface area contributed by atoms with Gasteiger partial charge in [0.15, 0.2) is 0 Å². The van der Waals surface area contributed by atoms with Gasteiger partial charge < -0.3 is 15.4 Å². The summed E-state index contributed by atoms with van der Waals surface area (Å²) in [5.41, 5.74) is -0.00621. The van der Waals surface area contributed by atoms with Gasteiger partial charge in [-0.15, -0.1) is 0 Å². The van der Waals surface area contributed by atoms with Crippen molar-refractivity contribution in [2.75, 3.05) is 33.8 Å². The van der Waals surface area contributed by atoms with E-state index in [4.69, 9.17) is 4.74 Å². The van der Waals surface area contributed by atoms with E-state index < -0.39 is 0 Å². The standard InChI is InChI=1S/C9H22N2O/c1-5-9(2,12-4)8-11-7-6-10-3/h10-11H,5-8H2,1-4H3. The lowest BCUT2D eigenvalue weighted by Crippen LogP contribution is -2.41. The lowest BCUT2D eigenvalue weighted by atomic mass is 10.0. The van der Waals surface area contributed by atoms with Gasteiger partial charge in [0.25, 0.3) is 0 Å². The van der Waals surface area contributed by atoms with E-state index >= 15 is 0 Å². The van der Waals surface area contributed by atoms with Gasteiger partial charge in [-0.3, -0.25) is 0 Å². The quantitative estimate of drug-likeness (QED) is 0.555. The molecule has 0 aromatic rings. The lowest BCUT2D eigenvalue weighted by Gasteiger charge is -2.26. The zero-order valence-corrected chi connectivity index (χ0v) is 8.74. The van der Waals surface area contributed by atoms with E-state index in [0.29, 0.717) is 0 Å². The molecule has 0 bridgehead atoms. The van der Waals surface area contributed by atoms with Crippen LogP contribution in [0.3, 0.4) is 0 Å². The topological polar surface area (TPSA) is 33.3 Å². The molecule has 0 aliphatic rings. The molecule has 0 rings (SSSR count). The van der Waals surface area contributed by atoms with Crippen LogP contribution in [-0.2, 0) is 4.74 Å². The monoisotopic (exact) mass is 174 g/mol. The molecule has 0 amide bonds. The molecule has 0 fully saturated rings. The molecule has 0 aromatic heterocycles. The van der Waals surface area contributed by atoms with Gasteiger partial charge in [0.05, 0.1) is 5.60 Å². The van der Waals surface area contributed by atoms with Crippen molar-refractivity contribution in [2.24, 2.45) is 0 Å². The fourth-order valence-electron chi connectivity index (χ4n) is 0.908. The Morgan fingerprint density at radius 3 is 2.42 bits per heavy atom. The summed E-state index contributed by atoms with van der Waals surface area (Å²) in [4.78, 5) is 0. The van der Waals surface area contributed by atoms with Crippen molar-refractivity contribution in [3.05, 3.63) is 0 Å². The highest BCUT2D eigenvalue weighted by atomic mass is 16.5. The molecule has 0 aliphatic heterocycles. The van der Waals surface area contributed by atoms with Crippen molar-refractivity contribution in [3.8, 4) is 0 Å². The van der Waals surface area contributed by atoms with Gasteiger partial charge >= 0.3 is 0 Å². The molecule has 2 N–H and O–H groups in total. The number of hydrogen-bond acceptors (Lipinski definition) is 3. The third-order valence-electron chi connectivity index (χ3n) is 2.29. The molecule has 0 radical (unpaired) electrons. The Morgan fingerprint density at radius 1 is 1.33 bits per heavy atom. The second-order valence-corrected chi connectivity index (χ2v) is 3.29. The van der Waals surface area contributed by atoms with Crippen LogP contribution < -0.4 is 10.6 Å². The van der Waals surface area contributed by atoms with Crippen LogP contribution in [0, 0.1) is 0 Å². The van der Waals surface area contributed by atoms with Crippen molar-refractivity contribution < 1.29 is 4.74 Å². The highest BCUT2D eigenvalue weighted by molar-refractivity contribution is 4.75. The number of methoxy groups -OCH3 is 1. The van der Waals surface area contributed by atoms with E-state index in [0.717, 1.165) is 26.1 Å². The number of nitrogens with one attached hydrogen (secondary N) is 2. The summed E-state index contributed by atoms with van der Waals surface area (Å²) in [5, 5.41) is 6.43. The van der Waals surface area contributed by atoms with Gasteiger partial charge in [0.2, 0.25) is 0 Å². The first-order valence-corrected chi connectivity index (χ1v) is 4.59. The second-order valence-electron chi connectivity index (χ2n) is 3.29. The second kappa shape index (κ2) is 6.40. The van der Waals surface area contributed by atoms with Crippen LogP contribution in [0.4, 0.5) is 0 Å². The van der Waals surface area contributed by atoms with E-state index in [1.54, 1.807) is 7.11 Å². The van der Waals surface area contributed by atoms with E-state index in [9.17, 15) is 0 Å². The molecule has 1 unspecified atom stereocenters. The summed E-state index contributed by atoms with van der Waals surface area (Å²) in [6.45, 7) is 7.18. The molecular weight excluding hydrogens is 152 g/mol. The van der Waals surface area contributed by atoms with Crippen LogP contribution in [0.1, 0.15) is 20.3 Å². The molecular formula is C9H22N2O. The average molecular weight is 174 g/mol. The SMILES string of the molecule is CCC(C)(CNCCNC)OC. The Bertz CT molecular complexity index is 103. The van der Waals surface area contributed by atoms with Crippen molar-refractivity contribution in [2.45, 2.75) is 25.9 Å². The van der Waals surface area contributed by atoms with E-state index in [1.165, 1.54) is 0 Å². The van der Waals surface area contributed by atoms with Crippen LogP contribution in [0.2, 0.25) is 0 Å². The predicted octanol–water partition coefficient (Wildman–Crippen LogP) is 0.611. The first-order valence-electron chi connectivity index (χ1n) is 4.59. The zero-order valence-electron chi connectivity index (χ0n) is 8.74. The first kappa shape index (κ1) is 11.9. The summed E-state index contributed by atoms with van der Waals surface area (Å²) in [6.07, 6.45) is 1.04. The van der Waals surface area contributed by atoms with Gasteiger partial charge in [0.1, 0.15) is 0 Å². The summed E-state index contributed by atoms with van der Waals surface area (Å²) in [7, 11) is 3.72. The molecule has 0 spiro atoms. The number of rotatable bonds is 7. The van der Waals surface area contributed by atoms with Gasteiger partial charge in [-0.05, 0) is 20.4 Å². The minimum Gasteiger partial charge on any atom is -0.377 e. The van der Waals surface area contributed by atoms with Crippen molar-refractivity contribution in [1.82, 2.24) is 10.6 Å². The van der Waals surface area contributed by atoms with Gasteiger partial charge in [-0.2, -0.15) is 0 Å². The fraction of sp³-hybridized carbons (Fsp3) is 1.00. The molecule has 0 aliphatic carbocycles. The third-order valence-corrected chi connectivity index (χ3v) is 2.29. The minimum absolute atomic E-state index is 0.00621. The zero-order chi connectivity index (χ0) is 9.45. The Balaban J connectivity index is 3.45. The third kappa shape index (κ3) is 4.70. The number of ether oxygens (including phenoxy) is 1. The van der Waals surface area contributed by atoms with Gasteiger partial charge in [-0.1, -0.05) is 6.92 Å². The first-order chi connectivity index (χ1) is 5.68. The normalized spacial score (nSPS) is 16.0. The van der Waals surface area contributed by atoms with Crippen LogP contribution in [0.25, 0.3) is 0 Å². The number of likely N-dealkylation sites (N-methyl/N-ethyl adjacent to an activating group) is 1. The maximum atomic E-state index is 5.38. The summed E-state index contributed by atoms with van der Waals surface area (Å²) >= 11 is 0. The largest absolute Gasteiger partial charge is 0.377 e. The van der Waals surface area contributed by atoms with Crippen molar-refractivity contribution in [3.63, 3.8) is 0 Å². The highest BCUT2D eigenvalue weighted by Crippen LogP contribution is 2.11. The summed E-state index contributed by atoms with van der Waals surface area (Å²) in [5.74, 6) is 0. The van der Waals surface area contributed by atoms with Crippen LogP contribution >= 0.6 is 0 Å². The van der Waals surface area contributed by atoms with E-state index in [-0.39, 0.29) is 5.60 Å². The van der Waals surface area contributed by atoms with Crippen LogP contribution in [-0.4, -0.2) is 39.4 Å². The summed E-state index contributed by atoms with van der Waals surface area (Å²) < 4.78 is 5.38. The van der Waals surface area contributed by atoms with Crippen LogP contribution in [0.15, 0.2) is 0 Å². The van der Waals surface area contributed by atoms with Crippen molar-refractivity contribution >= 4 is 0 Å². The average Bonchev–Trinajstić information content (AvgIpc) is 2.12. The van der Waals surface area contributed by atoms with E-state index in [1.807, 2.05) is 7.05 Å². The fourth-order valence-corrected chi connectivity index (χ4v) is 0.908. The molecule has 0 saturated carbocycles. The minimum atomic E-state index is -0.00621. The smallest absolute Gasteiger partial charge is 0.0771 e. The molecule has 1 atom stereocenters. The molecule has 74 valence electrons. The maximum absolute atomic E-state index is 5.38. The molecule has 0 aromatic carbocycles. The van der Waals surface area contributed by atoms with Crippen LogP contribution in [0.5, 0.6) is 0 Å². The van der Waals surface area contributed by atoms with Gasteiger partial charge in [0, 0.05) is 26.7 Å². The number of hydrogen-bond donors (Lipinski definition) is 2. The maximum Gasteiger partial charge on any atom is 0.0771 e. The molecule has 3 nitrogen and oxygen atoms in total. The molecule has 0 heterocycles. The highest BCUT2D eigenvalue weighted by Gasteiger charge is 2.19. The molecule has 3 heteroatoms. The summed E-state index contributed by atoms with van der Waals surface area (Å²) in [6, 6.07) is 0. The predicted molar refractivity (Wildman–Crippen MR) is 52.5 cm³/mol.